The van der Waals surface area contributed by atoms with Gasteiger partial charge in [0, 0.05) is 21.7 Å². The third-order valence-electron chi connectivity index (χ3n) is 6.39. The van der Waals surface area contributed by atoms with Crippen LogP contribution >= 0.6 is 23.2 Å². The van der Waals surface area contributed by atoms with Crippen molar-refractivity contribution in [2.75, 3.05) is 12.4 Å². The van der Waals surface area contributed by atoms with E-state index in [1.807, 2.05) is 24.3 Å². The zero-order chi connectivity index (χ0) is 23.8. The molecule has 0 amide bonds. The van der Waals surface area contributed by atoms with Crippen LogP contribution in [0.5, 0.6) is 5.75 Å². The number of nitrogens with one attached hydrogen (secondary N) is 1. The van der Waals surface area contributed by atoms with E-state index in [9.17, 15) is 9.59 Å². The van der Waals surface area contributed by atoms with E-state index in [0.717, 1.165) is 23.2 Å². The predicted molar refractivity (Wildman–Crippen MR) is 132 cm³/mol. The summed E-state index contributed by atoms with van der Waals surface area (Å²) in [6.45, 7) is 0. The number of benzene rings is 3. The van der Waals surface area contributed by atoms with Gasteiger partial charge in [-0.05, 0) is 65.9 Å². The van der Waals surface area contributed by atoms with E-state index in [4.69, 9.17) is 32.7 Å². The number of ether oxygens (including phenoxy) is 2. The van der Waals surface area contributed by atoms with Gasteiger partial charge in [-0.15, -0.1) is 0 Å². The Morgan fingerprint density at radius 2 is 1.79 bits per heavy atom. The molecule has 0 aromatic heterocycles. The molecule has 0 radical (unpaired) electrons. The van der Waals surface area contributed by atoms with Crippen LogP contribution < -0.4 is 10.1 Å². The van der Waals surface area contributed by atoms with Gasteiger partial charge >= 0.3 is 11.9 Å². The summed E-state index contributed by atoms with van der Waals surface area (Å²) in [6, 6.07) is 17.6. The largest absolute Gasteiger partial charge is 0.465 e. The Labute approximate surface area is 207 Å². The monoisotopic (exact) mass is 493 g/mol. The van der Waals surface area contributed by atoms with Crippen molar-refractivity contribution in [2.45, 2.75) is 18.4 Å². The molecule has 5 nitrogen and oxygen atoms in total. The van der Waals surface area contributed by atoms with Crippen LogP contribution in [0.25, 0.3) is 0 Å². The minimum atomic E-state index is -0.566. The molecule has 0 spiro atoms. The first kappa shape index (κ1) is 22.5. The number of para-hydroxylation sites is 1. The van der Waals surface area contributed by atoms with Gasteiger partial charge in [0.2, 0.25) is 0 Å². The molecule has 1 heterocycles. The summed E-state index contributed by atoms with van der Waals surface area (Å²) in [5.74, 6) is -0.573. The molecular weight excluding hydrogens is 473 g/mol. The summed E-state index contributed by atoms with van der Waals surface area (Å²) < 4.78 is 10.4. The van der Waals surface area contributed by atoms with Crippen LogP contribution in [0.4, 0.5) is 5.69 Å². The summed E-state index contributed by atoms with van der Waals surface area (Å²) in [7, 11) is 1.29. The molecule has 1 aliphatic heterocycles. The van der Waals surface area contributed by atoms with E-state index >= 15 is 0 Å². The van der Waals surface area contributed by atoms with Crippen LogP contribution in [0.1, 0.15) is 50.2 Å². The first-order valence-corrected chi connectivity index (χ1v) is 11.6. The average molecular weight is 494 g/mol. The number of fused-ring (bicyclic) bond motifs is 3. The smallest absolute Gasteiger partial charge is 0.343 e. The zero-order valence-corrected chi connectivity index (χ0v) is 19.8. The lowest BCUT2D eigenvalue weighted by atomic mass is 9.76. The van der Waals surface area contributed by atoms with Gasteiger partial charge in [0.05, 0.1) is 18.7 Å². The quantitative estimate of drug-likeness (QED) is 0.245. The molecule has 1 N–H and O–H groups in total. The summed E-state index contributed by atoms with van der Waals surface area (Å²) in [5.41, 5.74) is 3.56. The SMILES string of the molecule is COC(=O)c1ccccc1OC(=O)c1ccc2c(c1)[C@H]1C=CC[C@H]1[C@H](c1ccc(Cl)cc1Cl)N2. The number of hydrogen-bond donors (Lipinski definition) is 1. The van der Waals surface area contributed by atoms with Crippen LogP contribution in [0.3, 0.4) is 0 Å². The van der Waals surface area contributed by atoms with Gasteiger partial charge in [-0.25, -0.2) is 9.59 Å². The molecule has 3 atom stereocenters. The molecule has 3 aromatic rings. The van der Waals surface area contributed by atoms with Crippen LogP contribution in [0.15, 0.2) is 72.8 Å². The van der Waals surface area contributed by atoms with E-state index in [0.29, 0.717) is 15.6 Å². The molecule has 0 unspecified atom stereocenters. The summed E-state index contributed by atoms with van der Waals surface area (Å²) in [6.07, 6.45) is 5.24. The molecule has 34 heavy (non-hydrogen) atoms. The molecule has 0 fully saturated rings. The number of esters is 2. The molecule has 5 rings (SSSR count). The molecule has 0 saturated heterocycles. The highest BCUT2D eigenvalue weighted by atomic mass is 35.5. The van der Waals surface area contributed by atoms with Crippen LogP contribution in [-0.2, 0) is 4.74 Å². The van der Waals surface area contributed by atoms with Crippen molar-refractivity contribution in [3.05, 3.63) is 105 Å². The molecule has 0 saturated carbocycles. The lowest BCUT2D eigenvalue weighted by Crippen LogP contribution is -2.29. The number of carbonyl (C=O) groups excluding carboxylic acids is 2. The second-order valence-electron chi connectivity index (χ2n) is 8.32. The summed E-state index contributed by atoms with van der Waals surface area (Å²) in [4.78, 5) is 25.0. The molecular formula is C27H21Cl2NO4. The average Bonchev–Trinajstić information content (AvgIpc) is 3.34. The number of rotatable bonds is 4. The van der Waals surface area contributed by atoms with E-state index in [-0.39, 0.29) is 29.2 Å². The highest BCUT2D eigenvalue weighted by Crippen LogP contribution is 2.51. The number of allylic oxidation sites excluding steroid dienone is 2. The van der Waals surface area contributed by atoms with Gasteiger partial charge in [0.15, 0.2) is 0 Å². The van der Waals surface area contributed by atoms with Gasteiger partial charge in [-0.3, -0.25) is 0 Å². The normalized spacial score (nSPS) is 20.1. The van der Waals surface area contributed by atoms with Crippen molar-refractivity contribution in [3.63, 3.8) is 0 Å². The number of hydrogen-bond acceptors (Lipinski definition) is 5. The fraction of sp³-hybridized carbons (Fsp3) is 0.185. The Balaban J connectivity index is 1.45. The fourth-order valence-corrected chi connectivity index (χ4v) is 5.30. The maximum Gasteiger partial charge on any atom is 0.343 e. The third kappa shape index (κ3) is 4.06. The summed E-state index contributed by atoms with van der Waals surface area (Å²) >= 11 is 12.6. The van der Waals surface area contributed by atoms with E-state index < -0.39 is 11.9 Å². The van der Waals surface area contributed by atoms with E-state index in [1.54, 1.807) is 36.4 Å². The Hall–Kier alpha value is -3.28. The minimum Gasteiger partial charge on any atom is -0.465 e. The molecule has 172 valence electrons. The van der Waals surface area contributed by atoms with Crippen LogP contribution in [-0.4, -0.2) is 19.0 Å². The standard InChI is InChI=1S/C27H21Cl2NO4/c1-33-27(32)20-5-2-3-8-24(20)34-26(31)15-9-12-23-21(13-15)17-6-4-7-18(17)25(30-23)19-11-10-16(28)14-22(19)29/h2-6,8-14,17-18,25,30H,7H2,1H3/t17-,18+,25+/m0/s1. The van der Waals surface area contributed by atoms with Gasteiger partial charge in [0.1, 0.15) is 11.3 Å². The van der Waals surface area contributed by atoms with E-state index in [2.05, 4.69) is 17.5 Å². The number of methoxy groups -OCH3 is 1. The second kappa shape index (κ2) is 9.16. The highest BCUT2D eigenvalue weighted by Gasteiger charge is 2.39. The lowest BCUT2D eigenvalue weighted by Gasteiger charge is -2.38. The maximum absolute atomic E-state index is 13.0. The minimum absolute atomic E-state index is 0.0157. The van der Waals surface area contributed by atoms with Crippen molar-refractivity contribution in [1.29, 1.82) is 0 Å². The van der Waals surface area contributed by atoms with Crippen molar-refractivity contribution in [3.8, 4) is 5.75 Å². The summed E-state index contributed by atoms with van der Waals surface area (Å²) in [5, 5.41) is 4.84. The van der Waals surface area contributed by atoms with E-state index in [1.165, 1.54) is 7.11 Å². The third-order valence-corrected chi connectivity index (χ3v) is 6.95. The molecule has 1 aliphatic carbocycles. The van der Waals surface area contributed by atoms with Crippen molar-refractivity contribution in [2.24, 2.45) is 5.92 Å². The highest BCUT2D eigenvalue weighted by molar-refractivity contribution is 6.35. The Kier molecular flexibility index (Phi) is 6.07. The Morgan fingerprint density at radius 3 is 2.59 bits per heavy atom. The van der Waals surface area contributed by atoms with Crippen molar-refractivity contribution in [1.82, 2.24) is 0 Å². The van der Waals surface area contributed by atoms with Gasteiger partial charge < -0.3 is 14.8 Å². The van der Waals surface area contributed by atoms with Crippen LogP contribution in [0, 0.1) is 5.92 Å². The van der Waals surface area contributed by atoms with Gasteiger partial charge in [-0.2, -0.15) is 0 Å². The fourth-order valence-electron chi connectivity index (χ4n) is 4.78. The molecule has 2 aliphatic rings. The maximum atomic E-state index is 13.0. The molecule has 0 bridgehead atoms. The van der Waals surface area contributed by atoms with Gasteiger partial charge in [-0.1, -0.05) is 53.6 Å². The first-order valence-electron chi connectivity index (χ1n) is 10.9. The predicted octanol–water partition coefficient (Wildman–Crippen LogP) is 6.83. The second-order valence-corrected chi connectivity index (χ2v) is 9.16. The van der Waals surface area contributed by atoms with Crippen molar-refractivity contribution < 1.29 is 19.1 Å². The molecule has 7 heteroatoms. The first-order chi connectivity index (χ1) is 16.5. The Bertz CT molecular complexity index is 1320. The van der Waals surface area contributed by atoms with Crippen molar-refractivity contribution >= 4 is 40.8 Å². The Morgan fingerprint density at radius 1 is 0.971 bits per heavy atom. The number of carbonyl (C=O) groups is 2. The van der Waals surface area contributed by atoms with Gasteiger partial charge in [0.25, 0.3) is 0 Å². The topological polar surface area (TPSA) is 64.6 Å². The zero-order valence-electron chi connectivity index (χ0n) is 18.3. The molecule has 3 aromatic carbocycles. The number of halogens is 2. The number of anilines is 1. The lowest BCUT2D eigenvalue weighted by molar-refractivity contribution is 0.0593. The van der Waals surface area contributed by atoms with Crippen LogP contribution in [0.2, 0.25) is 10.0 Å².